The molecule has 0 saturated carbocycles. The molecule has 2 aromatic rings. The summed E-state index contributed by atoms with van der Waals surface area (Å²) in [4.78, 5) is 13.1. The molecule has 0 aliphatic rings. The molecule has 0 fully saturated rings. The lowest BCUT2D eigenvalue weighted by Crippen LogP contribution is -2.22. The quantitative estimate of drug-likeness (QED) is 0.863. The van der Waals surface area contributed by atoms with Gasteiger partial charge in [0.25, 0.3) is 10.0 Å². The molecule has 0 bridgehead atoms. The van der Waals surface area contributed by atoms with Gasteiger partial charge in [-0.05, 0) is 19.1 Å². The smallest absolute Gasteiger partial charge is 0.305 e. The third-order valence-corrected chi connectivity index (χ3v) is 5.05. The molecule has 0 radical (unpaired) electrons. The summed E-state index contributed by atoms with van der Waals surface area (Å²) in [6, 6.07) is 3.33. The Labute approximate surface area is 101 Å². The van der Waals surface area contributed by atoms with Gasteiger partial charge in [0.1, 0.15) is 5.76 Å². The third kappa shape index (κ3) is 2.65. The molecule has 2 heterocycles. The SMILES string of the molecule is Cc1[nH]c(=O)sc1S(=O)(=O)NCc1ccco1. The van der Waals surface area contributed by atoms with Crippen molar-refractivity contribution >= 4 is 21.4 Å². The number of aryl methyl sites for hydroxylation is 1. The first-order valence-corrected chi connectivity index (χ1v) is 7.01. The number of H-pyrrole nitrogens is 1. The maximum Gasteiger partial charge on any atom is 0.305 e. The summed E-state index contributed by atoms with van der Waals surface area (Å²) in [6.45, 7) is 1.60. The average Bonchev–Trinajstić information content (AvgIpc) is 2.85. The van der Waals surface area contributed by atoms with Gasteiger partial charge in [-0.2, -0.15) is 0 Å². The summed E-state index contributed by atoms with van der Waals surface area (Å²) >= 11 is 0.666. The molecule has 0 unspecified atom stereocenters. The van der Waals surface area contributed by atoms with Gasteiger partial charge in [-0.1, -0.05) is 11.3 Å². The van der Waals surface area contributed by atoms with Crippen molar-refractivity contribution in [2.75, 3.05) is 0 Å². The van der Waals surface area contributed by atoms with E-state index >= 15 is 0 Å². The lowest BCUT2D eigenvalue weighted by Gasteiger charge is -2.02. The van der Waals surface area contributed by atoms with E-state index in [0.717, 1.165) is 0 Å². The van der Waals surface area contributed by atoms with Gasteiger partial charge in [0.05, 0.1) is 12.8 Å². The van der Waals surface area contributed by atoms with Crippen molar-refractivity contribution in [3.63, 3.8) is 0 Å². The Kier molecular flexibility index (Phi) is 3.18. The highest BCUT2D eigenvalue weighted by Gasteiger charge is 2.20. The van der Waals surface area contributed by atoms with Crippen molar-refractivity contribution in [1.82, 2.24) is 9.71 Å². The Morgan fingerprint density at radius 3 is 2.82 bits per heavy atom. The molecular weight excluding hydrogens is 264 g/mol. The fourth-order valence-electron chi connectivity index (χ4n) is 1.29. The van der Waals surface area contributed by atoms with Gasteiger partial charge in [0.2, 0.25) is 0 Å². The molecule has 0 aliphatic heterocycles. The number of hydrogen-bond donors (Lipinski definition) is 2. The number of aromatic amines is 1. The zero-order valence-electron chi connectivity index (χ0n) is 8.89. The second-order valence-electron chi connectivity index (χ2n) is 3.33. The second-order valence-corrected chi connectivity index (χ2v) is 6.28. The first-order valence-electron chi connectivity index (χ1n) is 4.71. The number of furan rings is 1. The van der Waals surface area contributed by atoms with Crippen LogP contribution in [0.2, 0.25) is 0 Å². The highest BCUT2D eigenvalue weighted by Crippen LogP contribution is 2.15. The Morgan fingerprint density at radius 1 is 1.53 bits per heavy atom. The number of hydrogen-bond acceptors (Lipinski definition) is 5. The van der Waals surface area contributed by atoms with Crippen LogP contribution < -0.4 is 9.60 Å². The fraction of sp³-hybridized carbons (Fsp3) is 0.222. The Balaban J connectivity index is 2.20. The molecule has 0 spiro atoms. The second kappa shape index (κ2) is 4.47. The van der Waals surface area contributed by atoms with Crippen molar-refractivity contribution in [2.24, 2.45) is 0 Å². The predicted molar refractivity (Wildman–Crippen MR) is 62.4 cm³/mol. The van der Waals surface area contributed by atoms with E-state index < -0.39 is 10.0 Å². The maximum absolute atomic E-state index is 11.9. The van der Waals surface area contributed by atoms with Crippen LogP contribution in [-0.4, -0.2) is 13.4 Å². The molecule has 2 N–H and O–H groups in total. The molecule has 6 nitrogen and oxygen atoms in total. The van der Waals surface area contributed by atoms with Crippen LogP contribution in [0.1, 0.15) is 11.5 Å². The molecule has 8 heteroatoms. The lowest BCUT2D eigenvalue weighted by molar-refractivity contribution is 0.499. The zero-order valence-corrected chi connectivity index (χ0v) is 10.5. The third-order valence-electron chi connectivity index (χ3n) is 2.04. The molecule has 0 aromatic carbocycles. The zero-order chi connectivity index (χ0) is 12.5. The normalized spacial score (nSPS) is 11.8. The van der Waals surface area contributed by atoms with Crippen molar-refractivity contribution in [1.29, 1.82) is 0 Å². The summed E-state index contributed by atoms with van der Waals surface area (Å²) in [5, 5.41) is 0. The highest BCUT2D eigenvalue weighted by molar-refractivity contribution is 7.91. The van der Waals surface area contributed by atoms with Crippen LogP contribution in [-0.2, 0) is 16.6 Å². The number of nitrogens with one attached hydrogen (secondary N) is 2. The van der Waals surface area contributed by atoms with E-state index in [-0.39, 0.29) is 15.6 Å². The predicted octanol–water partition coefficient (Wildman–Crippen LogP) is 0.816. The van der Waals surface area contributed by atoms with E-state index in [4.69, 9.17) is 4.42 Å². The topological polar surface area (TPSA) is 92.2 Å². The van der Waals surface area contributed by atoms with E-state index in [2.05, 4.69) is 9.71 Å². The molecule has 0 saturated heterocycles. The fourth-order valence-corrected chi connectivity index (χ4v) is 3.63. The van der Waals surface area contributed by atoms with Crippen LogP contribution in [0.4, 0.5) is 0 Å². The monoisotopic (exact) mass is 274 g/mol. The Hall–Kier alpha value is -1.38. The number of rotatable bonds is 4. The summed E-state index contributed by atoms with van der Waals surface area (Å²) in [7, 11) is -3.67. The highest BCUT2D eigenvalue weighted by atomic mass is 32.2. The molecular formula is C9H10N2O4S2. The van der Waals surface area contributed by atoms with Crippen LogP contribution in [0, 0.1) is 6.92 Å². The molecule has 17 heavy (non-hydrogen) atoms. The Morgan fingerprint density at radius 2 is 2.29 bits per heavy atom. The van der Waals surface area contributed by atoms with Gasteiger partial charge in [-0.15, -0.1) is 0 Å². The largest absolute Gasteiger partial charge is 0.468 e. The standard InChI is InChI=1S/C9H10N2O4S2/c1-6-8(16-9(12)11-6)17(13,14)10-5-7-3-2-4-15-7/h2-4,10H,5H2,1H3,(H,11,12). The van der Waals surface area contributed by atoms with Gasteiger partial charge in [0, 0.05) is 5.69 Å². The van der Waals surface area contributed by atoms with E-state index in [1.807, 2.05) is 0 Å². The molecule has 0 aliphatic carbocycles. The summed E-state index contributed by atoms with van der Waals surface area (Å²) in [5.41, 5.74) is 0.340. The minimum atomic E-state index is -3.67. The summed E-state index contributed by atoms with van der Waals surface area (Å²) < 4.78 is 31.1. The molecule has 0 atom stereocenters. The van der Waals surface area contributed by atoms with Crippen LogP contribution in [0.25, 0.3) is 0 Å². The minimum Gasteiger partial charge on any atom is -0.468 e. The lowest BCUT2D eigenvalue weighted by atomic mass is 10.5. The van der Waals surface area contributed by atoms with Crippen molar-refractivity contribution in [3.05, 3.63) is 39.5 Å². The summed E-state index contributed by atoms with van der Waals surface area (Å²) in [5.74, 6) is 0.508. The molecule has 2 rings (SSSR count). The maximum atomic E-state index is 11.9. The van der Waals surface area contributed by atoms with Crippen molar-refractivity contribution < 1.29 is 12.8 Å². The van der Waals surface area contributed by atoms with Gasteiger partial charge in [-0.25, -0.2) is 13.1 Å². The van der Waals surface area contributed by atoms with Gasteiger partial charge < -0.3 is 9.40 Å². The number of aromatic nitrogens is 1. The van der Waals surface area contributed by atoms with Crippen LogP contribution >= 0.6 is 11.3 Å². The number of sulfonamides is 1. The van der Waals surface area contributed by atoms with Crippen LogP contribution in [0.3, 0.4) is 0 Å². The van der Waals surface area contributed by atoms with E-state index in [0.29, 0.717) is 22.8 Å². The van der Waals surface area contributed by atoms with Crippen LogP contribution in [0.15, 0.2) is 31.8 Å². The van der Waals surface area contributed by atoms with Crippen LogP contribution in [0.5, 0.6) is 0 Å². The number of thiazole rings is 1. The van der Waals surface area contributed by atoms with E-state index in [9.17, 15) is 13.2 Å². The van der Waals surface area contributed by atoms with Crippen molar-refractivity contribution in [3.8, 4) is 0 Å². The summed E-state index contributed by atoms with van der Waals surface area (Å²) in [6.07, 6.45) is 1.46. The van der Waals surface area contributed by atoms with E-state index in [1.165, 1.54) is 6.26 Å². The molecule has 2 aromatic heterocycles. The first kappa shape index (κ1) is 12.1. The molecule has 92 valence electrons. The molecule has 0 amide bonds. The van der Waals surface area contributed by atoms with E-state index in [1.54, 1.807) is 19.1 Å². The van der Waals surface area contributed by atoms with Gasteiger partial charge in [-0.3, -0.25) is 4.79 Å². The minimum absolute atomic E-state index is 0.00839. The van der Waals surface area contributed by atoms with Crippen molar-refractivity contribution in [2.45, 2.75) is 17.7 Å². The van der Waals surface area contributed by atoms with Gasteiger partial charge >= 0.3 is 4.87 Å². The van der Waals surface area contributed by atoms with Gasteiger partial charge in [0.15, 0.2) is 4.21 Å². The Bertz CT molecular complexity index is 651. The first-order chi connectivity index (χ1) is 7.99. The average molecular weight is 274 g/mol.